The zero-order valence-corrected chi connectivity index (χ0v) is 14.0. The zero-order chi connectivity index (χ0) is 16.8. The fourth-order valence-corrected chi connectivity index (χ4v) is 3.15. The lowest BCUT2D eigenvalue weighted by atomic mass is 9.94. The second-order valence-electron chi connectivity index (χ2n) is 6.03. The van der Waals surface area contributed by atoms with Crippen LogP contribution in [0.5, 0.6) is 0 Å². The van der Waals surface area contributed by atoms with E-state index in [0.717, 1.165) is 35.1 Å². The van der Waals surface area contributed by atoms with E-state index in [-0.39, 0.29) is 0 Å². The van der Waals surface area contributed by atoms with E-state index in [4.69, 9.17) is 0 Å². The molecule has 2 aromatic carbocycles. The summed E-state index contributed by atoms with van der Waals surface area (Å²) < 4.78 is 0.897. The van der Waals surface area contributed by atoms with E-state index >= 15 is 0 Å². The van der Waals surface area contributed by atoms with E-state index in [0.29, 0.717) is 6.42 Å². The van der Waals surface area contributed by atoms with Crippen LogP contribution in [0.4, 0.5) is 0 Å². The molecule has 0 amide bonds. The average molecular weight is 315 g/mol. The molecule has 0 spiro atoms. The van der Waals surface area contributed by atoms with Gasteiger partial charge in [0.2, 0.25) is 0 Å². The van der Waals surface area contributed by atoms with E-state index in [2.05, 4.69) is 36.1 Å². The summed E-state index contributed by atoms with van der Waals surface area (Å²) in [6.45, 7) is 0. The molecule has 0 bridgehead atoms. The van der Waals surface area contributed by atoms with Gasteiger partial charge in [-0.15, -0.1) is 0 Å². The van der Waals surface area contributed by atoms with Crippen molar-refractivity contribution in [3.05, 3.63) is 82.1 Å². The van der Waals surface area contributed by atoms with Crippen LogP contribution >= 0.6 is 0 Å². The molecular weight excluding hydrogens is 294 g/mol. The van der Waals surface area contributed by atoms with Gasteiger partial charge in [0.05, 0.1) is 0 Å². The van der Waals surface area contributed by atoms with Crippen molar-refractivity contribution in [2.24, 2.45) is 0 Å². The Morgan fingerprint density at radius 2 is 1.79 bits per heavy atom. The Labute approximate surface area is 143 Å². The van der Waals surface area contributed by atoms with Crippen molar-refractivity contribution in [2.45, 2.75) is 25.7 Å². The van der Waals surface area contributed by atoms with Crippen LogP contribution in [0.1, 0.15) is 36.0 Å². The lowest BCUT2D eigenvalue weighted by Crippen LogP contribution is -2.02. The SMILES string of the molecule is C/[N+]([O-])=C/C1=C(CC#Cc2ccccc2)c2ccccc2CCC1. The number of nitrogens with zero attached hydrogens (tertiary/aromatic N) is 1. The van der Waals surface area contributed by atoms with Crippen molar-refractivity contribution in [1.29, 1.82) is 0 Å². The van der Waals surface area contributed by atoms with Crippen LogP contribution in [-0.2, 0) is 6.42 Å². The highest BCUT2D eigenvalue weighted by atomic mass is 16.5. The molecule has 120 valence electrons. The highest BCUT2D eigenvalue weighted by Gasteiger charge is 2.16. The van der Waals surface area contributed by atoms with Crippen molar-refractivity contribution >= 4 is 11.8 Å². The summed E-state index contributed by atoms with van der Waals surface area (Å²) in [6, 6.07) is 18.5. The lowest BCUT2D eigenvalue weighted by molar-refractivity contribution is -0.417. The highest BCUT2D eigenvalue weighted by molar-refractivity contribution is 5.90. The zero-order valence-electron chi connectivity index (χ0n) is 14.0. The Morgan fingerprint density at radius 3 is 2.58 bits per heavy atom. The van der Waals surface area contributed by atoms with Crippen molar-refractivity contribution in [3.8, 4) is 11.8 Å². The molecule has 0 unspecified atom stereocenters. The fourth-order valence-electron chi connectivity index (χ4n) is 3.15. The van der Waals surface area contributed by atoms with Gasteiger partial charge in [0.1, 0.15) is 7.05 Å². The van der Waals surface area contributed by atoms with Crippen molar-refractivity contribution in [2.75, 3.05) is 7.05 Å². The topological polar surface area (TPSA) is 26.1 Å². The van der Waals surface area contributed by atoms with E-state index in [1.165, 1.54) is 23.7 Å². The Morgan fingerprint density at radius 1 is 1.04 bits per heavy atom. The van der Waals surface area contributed by atoms with Crippen molar-refractivity contribution in [3.63, 3.8) is 0 Å². The smallest absolute Gasteiger partial charge is 0.177 e. The molecule has 2 heteroatoms. The molecule has 1 aliphatic rings. The van der Waals surface area contributed by atoms with Crippen LogP contribution in [0.15, 0.2) is 60.2 Å². The molecule has 0 fully saturated rings. The van der Waals surface area contributed by atoms with Gasteiger partial charge in [-0.2, -0.15) is 0 Å². The van der Waals surface area contributed by atoms with Gasteiger partial charge < -0.3 is 5.21 Å². The van der Waals surface area contributed by atoms with Crippen LogP contribution in [0.2, 0.25) is 0 Å². The van der Waals surface area contributed by atoms with E-state index in [1.807, 2.05) is 30.3 Å². The predicted molar refractivity (Wildman–Crippen MR) is 99.9 cm³/mol. The normalized spacial score (nSPS) is 14.5. The highest BCUT2D eigenvalue weighted by Crippen LogP contribution is 2.31. The monoisotopic (exact) mass is 315 g/mol. The van der Waals surface area contributed by atoms with Crippen LogP contribution in [0.3, 0.4) is 0 Å². The minimum Gasteiger partial charge on any atom is -0.624 e. The second kappa shape index (κ2) is 7.66. The van der Waals surface area contributed by atoms with Gasteiger partial charge in [0.15, 0.2) is 6.21 Å². The predicted octanol–water partition coefficient (Wildman–Crippen LogP) is 4.43. The number of hydroxylamine groups is 1. The molecule has 0 aliphatic heterocycles. The number of rotatable bonds is 2. The van der Waals surface area contributed by atoms with Crippen LogP contribution in [-0.4, -0.2) is 18.0 Å². The number of aryl methyl sites for hydroxylation is 1. The van der Waals surface area contributed by atoms with E-state index in [9.17, 15) is 5.21 Å². The molecule has 0 heterocycles. The number of fused-ring (bicyclic) bond motifs is 1. The minimum absolute atomic E-state index is 0.658. The Kier molecular flexibility index (Phi) is 5.13. The molecule has 0 aromatic heterocycles. The summed E-state index contributed by atoms with van der Waals surface area (Å²) in [4.78, 5) is 0. The van der Waals surface area contributed by atoms with Gasteiger partial charge in [-0.25, -0.2) is 4.74 Å². The first-order valence-corrected chi connectivity index (χ1v) is 8.33. The van der Waals surface area contributed by atoms with E-state index in [1.54, 1.807) is 6.21 Å². The maximum Gasteiger partial charge on any atom is 0.177 e. The first-order valence-electron chi connectivity index (χ1n) is 8.33. The molecule has 1 aliphatic carbocycles. The maximum absolute atomic E-state index is 11.6. The van der Waals surface area contributed by atoms with Gasteiger partial charge in [-0.3, -0.25) is 0 Å². The number of benzene rings is 2. The number of hydrogen-bond acceptors (Lipinski definition) is 1. The third-order valence-electron chi connectivity index (χ3n) is 4.23. The van der Waals surface area contributed by atoms with Crippen molar-refractivity contribution in [1.82, 2.24) is 0 Å². The summed E-state index contributed by atoms with van der Waals surface area (Å²) in [5.41, 5.74) is 5.91. The third kappa shape index (κ3) is 3.94. The first-order chi connectivity index (χ1) is 11.7. The maximum atomic E-state index is 11.6. The van der Waals surface area contributed by atoms with Gasteiger partial charge in [0, 0.05) is 17.6 Å². The lowest BCUT2D eigenvalue weighted by Gasteiger charge is -2.10. The molecule has 0 atom stereocenters. The van der Waals surface area contributed by atoms with Crippen molar-refractivity contribution < 1.29 is 4.74 Å². The summed E-state index contributed by atoms with van der Waals surface area (Å²) in [5.74, 6) is 6.52. The Hall–Kier alpha value is -2.79. The van der Waals surface area contributed by atoms with Gasteiger partial charge in [-0.05, 0) is 48.1 Å². The molecule has 0 N–H and O–H groups in total. The Bertz CT molecular complexity index is 831. The molecule has 2 aromatic rings. The van der Waals surface area contributed by atoms with Crippen LogP contribution in [0.25, 0.3) is 5.57 Å². The van der Waals surface area contributed by atoms with E-state index < -0.39 is 0 Å². The van der Waals surface area contributed by atoms with Crippen LogP contribution < -0.4 is 0 Å². The largest absolute Gasteiger partial charge is 0.624 e. The standard InChI is InChI=1S/C22H21NO/c1-23(24)17-20-14-8-13-19-12-5-6-15-21(19)22(20)16-7-11-18-9-3-2-4-10-18/h2-6,9-10,12,15,17H,8,13-14,16H2,1H3/b23-17-. The molecule has 2 nitrogen and oxygen atoms in total. The average Bonchev–Trinajstić information content (AvgIpc) is 2.75. The molecule has 24 heavy (non-hydrogen) atoms. The molecule has 3 rings (SSSR count). The van der Waals surface area contributed by atoms with Gasteiger partial charge >= 0.3 is 0 Å². The third-order valence-corrected chi connectivity index (χ3v) is 4.23. The number of allylic oxidation sites excluding steroid dienone is 2. The Balaban J connectivity index is 2.00. The van der Waals surface area contributed by atoms with Crippen LogP contribution in [0, 0.1) is 17.0 Å². The summed E-state index contributed by atoms with van der Waals surface area (Å²) in [5, 5.41) is 11.6. The van der Waals surface area contributed by atoms with Gasteiger partial charge in [0.25, 0.3) is 0 Å². The fraction of sp³-hybridized carbons (Fsp3) is 0.227. The second-order valence-corrected chi connectivity index (χ2v) is 6.03. The molecule has 0 radical (unpaired) electrons. The summed E-state index contributed by atoms with van der Waals surface area (Å²) in [6.07, 6.45) is 5.40. The molecule has 0 saturated carbocycles. The first kappa shape index (κ1) is 16.1. The quantitative estimate of drug-likeness (QED) is 0.265. The molecule has 0 saturated heterocycles. The summed E-state index contributed by atoms with van der Waals surface area (Å²) >= 11 is 0. The summed E-state index contributed by atoms with van der Waals surface area (Å²) in [7, 11) is 1.54. The molecular formula is C22H21NO. The minimum atomic E-state index is 0.658. The number of hydrogen-bond donors (Lipinski definition) is 0. The van der Waals surface area contributed by atoms with Gasteiger partial charge in [-0.1, -0.05) is 54.3 Å².